The molecule has 0 bridgehead atoms. The van der Waals surface area contributed by atoms with Crippen molar-refractivity contribution in [1.82, 2.24) is 0 Å². The first-order chi connectivity index (χ1) is 15.2. The van der Waals surface area contributed by atoms with Crippen molar-refractivity contribution in [2.24, 2.45) is 0 Å². The molecular weight excluding hydrogens is 436 g/mol. The number of nitro benzene ring substituents is 1. The van der Waals surface area contributed by atoms with Gasteiger partial charge in [-0.25, -0.2) is 0 Å². The Kier molecular flexibility index (Phi) is 7.94. The Morgan fingerprint density at radius 2 is 1.62 bits per heavy atom. The third-order valence-electron chi connectivity index (χ3n) is 5.37. The molecule has 2 aliphatic rings. The molecule has 10 atom stereocenters. The predicted molar refractivity (Wildman–Crippen MR) is 103 cm³/mol. The van der Waals surface area contributed by atoms with Gasteiger partial charge in [0.15, 0.2) is 12.5 Å². The molecule has 1 aromatic carbocycles. The van der Waals surface area contributed by atoms with Crippen LogP contribution in [0.1, 0.15) is 0 Å². The highest BCUT2D eigenvalue weighted by Crippen LogP contribution is 2.30. The van der Waals surface area contributed by atoms with Gasteiger partial charge in [0.2, 0.25) is 0 Å². The molecular formula is C18H26N2O12. The number of aliphatic hydroxyl groups excluding tert-OH is 7. The maximum Gasteiger partial charge on any atom is 0.271 e. The molecule has 14 heteroatoms. The van der Waals surface area contributed by atoms with Gasteiger partial charge in [0, 0.05) is 17.8 Å². The number of benzene rings is 1. The first-order valence-corrected chi connectivity index (χ1v) is 9.77. The molecule has 0 amide bonds. The van der Waals surface area contributed by atoms with E-state index in [1.807, 2.05) is 0 Å². The van der Waals surface area contributed by atoms with E-state index in [1.165, 1.54) is 24.3 Å². The van der Waals surface area contributed by atoms with Crippen LogP contribution in [-0.2, 0) is 14.2 Å². The average Bonchev–Trinajstić information content (AvgIpc) is 2.78. The van der Waals surface area contributed by atoms with Gasteiger partial charge in [-0.05, 0) is 6.07 Å². The van der Waals surface area contributed by atoms with E-state index >= 15 is 0 Å². The van der Waals surface area contributed by atoms with Crippen molar-refractivity contribution < 1.29 is 54.9 Å². The number of hydrogen-bond donors (Lipinski definition) is 8. The van der Waals surface area contributed by atoms with Gasteiger partial charge in [-0.1, -0.05) is 6.07 Å². The van der Waals surface area contributed by atoms with E-state index in [9.17, 15) is 45.9 Å². The quantitative estimate of drug-likeness (QED) is 0.146. The number of rotatable bonds is 7. The summed E-state index contributed by atoms with van der Waals surface area (Å²) in [6.07, 6.45) is -15.3. The first-order valence-electron chi connectivity index (χ1n) is 9.77. The second-order valence-corrected chi connectivity index (χ2v) is 7.51. The standard InChI is InChI=1S/C18H26N2O12/c21-5-9-11(23)12(24)15(27)18(31-9)32-16-10(6-22)30-17(14(26)13(16)25)19-7-2-1-3-8(4-7)20(28)29/h1-4,9-19,21-27H,5-6H2/t9-,10-,11+,12+,13-,14+,15+,16+,17-,18+/m0/s1. The van der Waals surface area contributed by atoms with Gasteiger partial charge in [-0.3, -0.25) is 10.1 Å². The minimum atomic E-state index is -1.77. The van der Waals surface area contributed by atoms with Crippen LogP contribution in [-0.4, -0.2) is 115 Å². The van der Waals surface area contributed by atoms with E-state index in [1.54, 1.807) is 0 Å². The first kappa shape index (κ1) is 24.7. The maximum atomic E-state index is 10.9. The molecule has 14 nitrogen and oxygen atoms in total. The van der Waals surface area contributed by atoms with Crippen molar-refractivity contribution in [3.8, 4) is 0 Å². The van der Waals surface area contributed by atoms with E-state index in [0.29, 0.717) is 0 Å². The van der Waals surface area contributed by atoms with Gasteiger partial charge in [0.25, 0.3) is 5.69 Å². The van der Waals surface area contributed by atoms with Crippen molar-refractivity contribution >= 4 is 11.4 Å². The Labute approximate surface area is 181 Å². The molecule has 2 saturated heterocycles. The van der Waals surface area contributed by atoms with Gasteiger partial charge in [-0.15, -0.1) is 0 Å². The fraction of sp³-hybridized carbons (Fsp3) is 0.667. The summed E-state index contributed by atoms with van der Waals surface area (Å²) >= 11 is 0. The number of nitro groups is 1. The minimum absolute atomic E-state index is 0.209. The molecule has 2 fully saturated rings. The number of anilines is 1. The van der Waals surface area contributed by atoms with Crippen LogP contribution >= 0.6 is 0 Å². The van der Waals surface area contributed by atoms with Crippen molar-refractivity contribution in [2.45, 2.75) is 61.3 Å². The number of hydrogen-bond acceptors (Lipinski definition) is 13. The highest BCUT2D eigenvalue weighted by Gasteiger charge is 2.50. The highest BCUT2D eigenvalue weighted by atomic mass is 16.7. The number of aliphatic hydroxyl groups is 7. The molecule has 0 aliphatic carbocycles. The fourth-order valence-corrected chi connectivity index (χ4v) is 3.58. The van der Waals surface area contributed by atoms with E-state index in [-0.39, 0.29) is 11.4 Å². The van der Waals surface area contributed by atoms with Gasteiger partial charge < -0.3 is 55.3 Å². The smallest absolute Gasteiger partial charge is 0.271 e. The summed E-state index contributed by atoms with van der Waals surface area (Å²) in [5, 5.41) is 83.5. The largest absolute Gasteiger partial charge is 0.394 e. The fourth-order valence-electron chi connectivity index (χ4n) is 3.58. The molecule has 180 valence electrons. The summed E-state index contributed by atoms with van der Waals surface area (Å²) in [6.45, 7) is -1.39. The molecule has 1 aromatic rings. The Morgan fingerprint density at radius 3 is 2.25 bits per heavy atom. The summed E-state index contributed by atoms with van der Waals surface area (Å²) in [5.74, 6) is 0. The van der Waals surface area contributed by atoms with E-state index in [4.69, 9.17) is 14.2 Å². The molecule has 2 heterocycles. The lowest BCUT2D eigenvalue weighted by Crippen LogP contribution is -2.65. The molecule has 0 radical (unpaired) electrons. The van der Waals surface area contributed by atoms with Crippen molar-refractivity contribution in [2.75, 3.05) is 18.5 Å². The average molecular weight is 462 g/mol. The number of ether oxygens (including phenoxy) is 3. The maximum absolute atomic E-state index is 10.9. The van der Waals surface area contributed by atoms with Crippen LogP contribution in [0.15, 0.2) is 24.3 Å². The Bertz CT molecular complexity index is 780. The van der Waals surface area contributed by atoms with Crippen molar-refractivity contribution in [3.63, 3.8) is 0 Å². The van der Waals surface area contributed by atoms with Gasteiger partial charge in [0.1, 0.15) is 48.8 Å². The van der Waals surface area contributed by atoms with Crippen LogP contribution in [0.3, 0.4) is 0 Å². The Hall–Kier alpha value is -1.98. The number of non-ortho nitro benzene ring substituents is 1. The molecule has 2 aliphatic heterocycles. The Balaban J connectivity index is 1.72. The zero-order valence-electron chi connectivity index (χ0n) is 16.6. The summed E-state index contributed by atoms with van der Waals surface area (Å²) < 4.78 is 16.2. The minimum Gasteiger partial charge on any atom is -0.394 e. The summed E-state index contributed by atoms with van der Waals surface area (Å²) in [4.78, 5) is 10.3. The van der Waals surface area contributed by atoms with Gasteiger partial charge in [0.05, 0.1) is 18.1 Å². The van der Waals surface area contributed by atoms with Crippen LogP contribution in [0, 0.1) is 10.1 Å². The summed E-state index contributed by atoms with van der Waals surface area (Å²) in [7, 11) is 0. The van der Waals surface area contributed by atoms with Gasteiger partial charge in [-0.2, -0.15) is 0 Å². The lowest BCUT2D eigenvalue weighted by molar-refractivity contribution is -0.384. The highest BCUT2D eigenvalue weighted by molar-refractivity contribution is 5.51. The third kappa shape index (κ3) is 4.99. The lowest BCUT2D eigenvalue weighted by atomic mass is 9.96. The monoisotopic (exact) mass is 462 g/mol. The normalized spacial score (nSPS) is 40.1. The molecule has 32 heavy (non-hydrogen) atoms. The second-order valence-electron chi connectivity index (χ2n) is 7.51. The molecule has 0 saturated carbocycles. The Morgan fingerprint density at radius 1 is 0.938 bits per heavy atom. The SMILES string of the molecule is O=[N+]([O-])c1cccc(N[C@H]2O[C@@H](CO)[C@@H](O[C@H]3O[C@@H](CO)[C@@H](O)[C@@H](O)[C@H]3O)[C@@H](O)[C@H]2O)c1. The number of nitrogens with zero attached hydrogens (tertiary/aromatic N) is 1. The van der Waals surface area contributed by atoms with E-state index < -0.39 is 79.5 Å². The van der Waals surface area contributed by atoms with Crippen LogP contribution in [0.2, 0.25) is 0 Å². The van der Waals surface area contributed by atoms with E-state index in [2.05, 4.69) is 5.32 Å². The topological polar surface area (TPSA) is 224 Å². The van der Waals surface area contributed by atoms with Crippen LogP contribution in [0.25, 0.3) is 0 Å². The number of nitrogens with one attached hydrogen (secondary N) is 1. The molecule has 8 N–H and O–H groups in total. The van der Waals surface area contributed by atoms with Crippen molar-refractivity contribution in [1.29, 1.82) is 0 Å². The molecule has 0 spiro atoms. The predicted octanol–water partition coefficient (Wildman–Crippen LogP) is -3.37. The second kappa shape index (κ2) is 10.3. The van der Waals surface area contributed by atoms with Crippen LogP contribution in [0.4, 0.5) is 11.4 Å². The van der Waals surface area contributed by atoms with Crippen molar-refractivity contribution in [3.05, 3.63) is 34.4 Å². The molecule has 0 aromatic heterocycles. The van der Waals surface area contributed by atoms with Crippen LogP contribution < -0.4 is 5.32 Å². The summed E-state index contributed by atoms with van der Waals surface area (Å²) in [6, 6.07) is 5.33. The lowest BCUT2D eigenvalue weighted by Gasteiger charge is -2.46. The van der Waals surface area contributed by atoms with E-state index in [0.717, 1.165) is 0 Å². The van der Waals surface area contributed by atoms with Gasteiger partial charge >= 0.3 is 0 Å². The summed E-state index contributed by atoms with van der Waals surface area (Å²) in [5.41, 5.74) is -0.0103. The zero-order valence-corrected chi connectivity index (χ0v) is 16.6. The van der Waals surface area contributed by atoms with Crippen LogP contribution in [0.5, 0.6) is 0 Å². The molecule has 0 unspecified atom stereocenters. The molecule has 3 rings (SSSR count). The zero-order chi connectivity index (χ0) is 23.6. The third-order valence-corrected chi connectivity index (χ3v) is 5.37.